The Bertz CT molecular complexity index is 343. The van der Waals surface area contributed by atoms with E-state index in [9.17, 15) is 19.5 Å². The number of urea groups is 1. The second-order valence-electron chi connectivity index (χ2n) is 4.75. The minimum absolute atomic E-state index is 0.0833. The fraction of sp³-hybridized carbons (Fsp3) is 0.727. The van der Waals surface area contributed by atoms with E-state index in [1.54, 1.807) is 0 Å². The molecule has 5 N–H and O–H groups in total. The van der Waals surface area contributed by atoms with Crippen molar-refractivity contribution in [2.24, 2.45) is 11.7 Å². The summed E-state index contributed by atoms with van der Waals surface area (Å²) in [5, 5.41) is 20.3. The zero-order valence-electron chi connectivity index (χ0n) is 11.3. The van der Waals surface area contributed by atoms with Gasteiger partial charge in [-0.15, -0.1) is 0 Å². The molecule has 0 saturated heterocycles. The number of rotatable bonds is 7. The third-order valence-electron chi connectivity index (χ3n) is 2.25. The van der Waals surface area contributed by atoms with Gasteiger partial charge in [0.2, 0.25) is 5.91 Å². The monoisotopic (exact) mass is 275 g/mol. The molecule has 110 valence electrons. The topological polar surface area (TPSA) is 133 Å². The Balaban J connectivity index is 4.78. The van der Waals surface area contributed by atoms with Crippen LogP contribution in [0.2, 0.25) is 0 Å². The van der Waals surface area contributed by atoms with Crippen LogP contribution in [0.15, 0.2) is 0 Å². The number of primary amides is 1. The van der Waals surface area contributed by atoms with E-state index < -0.39 is 30.1 Å². The van der Waals surface area contributed by atoms with Crippen molar-refractivity contribution in [3.63, 3.8) is 0 Å². The van der Waals surface area contributed by atoms with Crippen LogP contribution in [0.25, 0.3) is 0 Å². The first-order valence-electron chi connectivity index (χ1n) is 5.89. The number of aliphatic hydroxyl groups is 1. The van der Waals surface area contributed by atoms with Crippen LogP contribution in [0.5, 0.6) is 0 Å². The lowest BCUT2D eigenvalue weighted by molar-refractivity contribution is -0.141. The molecule has 0 spiro atoms. The molecule has 0 bridgehead atoms. The molecule has 0 heterocycles. The molecule has 0 saturated carbocycles. The minimum atomic E-state index is -1.44. The lowest BCUT2D eigenvalue weighted by atomic mass is 10.2. The number of nitrogens with two attached hydrogens (primary N) is 1. The number of hydrogen-bond donors (Lipinski definition) is 4. The van der Waals surface area contributed by atoms with E-state index in [2.05, 4.69) is 5.32 Å². The van der Waals surface area contributed by atoms with E-state index in [-0.39, 0.29) is 19.0 Å². The van der Waals surface area contributed by atoms with E-state index >= 15 is 0 Å². The van der Waals surface area contributed by atoms with Gasteiger partial charge in [-0.1, -0.05) is 13.8 Å². The molecule has 0 aromatic heterocycles. The molecule has 0 radical (unpaired) electrons. The highest BCUT2D eigenvalue weighted by atomic mass is 16.4. The average Bonchev–Trinajstić information content (AvgIpc) is 2.22. The van der Waals surface area contributed by atoms with Crippen LogP contribution in [0.1, 0.15) is 20.8 Å². The molecule has 0 aromatic rings. The highest BCUT2D eigenvalue weighted by molar-refractivity contribution is 5.86. The zero-order valence-corrected chi connectivity index (χ0v) is 11.3. The molecule has 0 aromatic carbocycles. The van der Waals surface area contributed by atoms with Crippen molar-refractivity contribution in [3.05, 3.63) is 0 Å². The molecule has 0 aliphatic carbocycles. The normalized spacial score (nSPS) is 13.7. The van der Waals surface area contributed by atoms with E-state index in [0.717, 1.165) is 4.90 Å². The highest BCUT2D eigenvalue weighted by Crippen LogP contribution is 2.01. The fourth-order valence-corrected chi connectivity index (χ4v) is 1.46. The second-order valence-corrected chi connectivity index (χ2v) is 4.75. The third kappa shape index (κ3) is 6.61. The van der Waals surface area contributed by atoms with Gasteiger partial charge in [0.05, 0.1) is 6.10 Å². The van der Waals surface area contributed by atoms with Crippen LogP contribution < -0.4 is 11.1 Å². The molecular formula is C11H21N3O5. The highest BCUT2D eigenvalue weighted by Gasteiger charge is 2.27. The zero-order chi connectivity index (χ0) is 15.2. The summed E-state index contributed by atoms with van der Waals surface area (Å²) < 4.78 is 0. The summed E-state index contributed by atoms with van der Waals surface area (Å²) in [6, 6.07) is -2.18. The number of carbonyl (C=O) groups excluding carboxylic acids is 2. The fourth-order valence-electron chi connectivity index (χ4n) is 1.46. The lowest BCUT2D eigenvalue weighted by Gasteiger charge is -2.26. The van der Waals surface area contributed by atoms with Gasteiger partial charge < -0.3 is 26.2 Å². The van der Waals surface area contributed by atoms with Crippen LogP contribution in [-0.4, -0.2) is 58.3 Å². The Morgan fingerprint density at radius 3 is 2.11 bits per heavy atom. The van der Waals surface area contributed by atoms with Gasteiger partial charge in [-0.25, -0.2) is 9.59 Å². The van der Waals surface area contributed by atoms with Crippen molar-refractivity contribution in [2.75, 3.05) is 13.1 Å². The molecule has 19 heavy (non-hydrogen) atoms. The maximum Gasteiger partial charge on any atom is 0.328 e. The van der Waals surface area contributed by atoms with Crippen LogP contribution in [0.3, 0.4) is 0 Å². The lowest BCUT2D eigenvalue weighted by Crippen LogP contribution is -2.54. The van der Waals surface area contributed by atoms with E-state index in [1.165, 1.54) is 6.92 Å². The Morgan fingerprint density at radius 2 is 1.79 bits per heavy atom. The Labute approximate surface area is 111 Å². The minimum Gasteiger partial charge on any atom is -0.480 e. The van der Waals surface area contributed by atoms with Crippen LogP contribution in [0.4, 0.5) is 4.79 Å². The maximum absolute atomic E-state index is 11.9. The van der Waals surface area contributed by atoms with Gasteiger partial charge in [0.25, 0.3) is 0 Å². The van der Waals surface area contributed by atoms with Gasteiger partial charge in [-0.05, 0) is 12.8 Å². The largest absolute Gasteiger partial charge is 0.480 e. The van der Waals surface area contributed by atoms with Crippen molar-refractivity contribution in [3.8, 4) is 0 Å². The first-order chi connectivity index (χ1) is 8.65. The summed E-state index contributed by atoms with van der Waals surface area (Å²) in [4.78, 5) is 34.7. The van der Waals surface area contributed by atoms with E-state index in [1.807, 2.05) is 13.8 Å². The third-order valence-corrected chi connectivity index (χ3v) is 2.25. The molecule has 8 nitrogen and oxygen atoms in total. The molecule has 0 aliphatic rings. The SMILES string of the molecule is CC(C)CN(CC(N)=O)C(=O)N[C@H](C(=O)O)[C@@H](C)O. The molecule has 3 amide bonds. The Morgan fingerprint density at radius 1 is 1.26 bits per heavy atom. The first kappa shape index (κ1) is 17.2. The Hall–Kier alpha value is -1.83. The van der Waals surface area contributed by atoms with Crippen molar-refractivity contribution in [1.29, 1.82) is 0 Å². The molecule has 8 heteroatoms. The first-order valence-corrected chi connectivity index (χ1v) is 5.89. The number of amides is 3. The second kappa shape index (κ2) is 7.57. The number of aliphatic carboxylic acids is 1. The summed E-state index contributed by atoms with van der Waals surface area (Å²) in [5.41, 5.74) is 5.03. The summed E-state index contributed by atoms with van der Waals surface area (Å²) >= 11 is 0. The summed E-state index contributed by atoms with van der Waals surface area (Å²) in [7, 11) is 0. The Kier molecular flexibility index (Phi) is 6.84. The smallest absolute Gasteiger partial charge is 0.328 e. The number of aliphatic hydroxyl groups excluding tert-OH is 1. The number of hydrogen-bond acceptors (Lipinski definition) is 4. The molecule has 0 rings (SSSR count). The van der Waals surface area contributed by atoms with Crippen LogP contribution in [-0.2, 0) is 9.59 Å². The number of nitrogens with zero attached hydrogens (tertiary/aromatic N) is 1. The van der Waals surface area contributed by atoms with E-state index in [0.29, 0.717) is 0 Å². The quantitative estimate of drug-likeness (QED) is 0.471. The molecule has 0 fully saturated rings. The predicted octanol–water partition coefficient (Wildman–Crippen LogP) is -1.03. The van der Waals surface area contributed by atoms with Gasteiger partial charge in [0, 0.05) is 6.54 Å². The average molecular weight is 275 g/mol. The number of carboxylic acids is 1. The molecular weight excluding hydrogens is 254 g/mol. The summed E-state index contributed by atoms with van der Waals surface area (Å²) in [6.07, 6.45) is -1.25. The summed E-state index contributed by atoms with van der Waals surface area (Å²) in [5.74, 6) is -1.97. The number of carboxylic acid groups (broad SMARTS) is 1. The van der Waals surface area contributed by atoms with Gasteiger partial charge in [0.1, 0.15) is 6.54 Å². The molecule has 0 unspecified atom stereocenters. The van der Waals surface area contributed by atoms with Gasteiger partial charge in [-0.3, -0.25) is 4.79 Å². The van der Waals surface area contributed by atoms with Gasteiger partial charge in [0.15, 0.2) is 6.04 Å². The maximum atomic E-state index is 11.9. The molecule has 2 atom stereocenters. The van der Waals surface area contributed by atoms with Crippen molar-refractivity contribution in [1.82, 2.24) is 10.2 Å². The van der Waals surface area contributed by atoms with Gasteiger partial charge >= 0.3 is 12.0 Å². The van der Waals surface area contributed by atoms with Crippen LogP contribution in [0, 0.1) is 5.92 Å². The predicted molar refractivity (Wildman–Crippen MR) is 67.2 cm³/mol. The van der Waals surface area contributed by atoms with Crippen LogP contribution >= 0.6 is 0 Å². The van der Waals surface area contributed by atoms with Crippen molar-refractivity contribution in [2.45, 2.75) is 32.9 Å². The van der Waals surface area contributed by atoms with Crippen molar-refractivity contribution < 1.29 is 24.6 Å². The number of nitrogens with one attached hydrogen (secondary N) is 1. The number of carbonyl (C=O) groups is 3. The van der Waals surface area contributed by atoms with E-state index in [4.69, 9.17) is 10.8 Å². The standard InChI is InChI=1S/C11H21N3O5/c1-6(2)4-14(5-8(12)16)11(19)13-9(7(3)15)10(17)18/h6-7,9,15H,4-5H2,1-3H3,(H2,12,16)(H,13,19)(H,17,18)/t7-,9+/m1/s1. The van der Waals surface area contributed by atoms with Crippen molar-refractivity contribution >= 4 is 17.9 Å². The summed E-state index contributed by atoms with van der Waals surface area (Å²) in [6.45, 7) is 4.87. The molecule has 0 aliphatic heterocycles. The van der Waals surface area contributed by atoms with Gasteiger partial charge in [-0.2, -0.15) is 0 Å².